The lowest BCUT2D eigenvalue weighted by atomic mass is 9.77. The minimum absolute atomic E-state index is 0.0142. The summed E-state index contributed by atoms with van der Waals surface area (Å²) in [5, 5.41) is 34.5. The van der Waals surface area contributed by atoms with E-state index in [0.29, 0.717) is 46.9 Å². The number of thioether (sulfide) groups is 1. The van der Waals surface area contributed by atoms with Gasteiger partial charge in [-0.25, -0.2) is 0 Å². The fraction of sp³-hybridized carbons (Fsp3) is 0.577. The number of rotatable bonds is 6. The summed E-state index contributed by atoms with van der Waals surface area (Å²) in [6, 6.07) is 1.90. The van der Waals surface area contributed by atoms with Gasteiger partial charge in [-0.2, -0.15) is 0 Å². The molecule has 6 rings (SSSR count). The number of aliphatic hydroxyl groups is 2. The number of phenols is 1. The first-order valence-electron chi connectivity index (χ1n) is 12.2. The van der Waals surface area contributed by atoms with E-state index in [-0.39, 0.29) is 33.9 Å². The van der Waals surface area contributed by atoms with Gasteiger partial charge in [0.25, 0.3) is 5.79 Å². The number of hydrogen-bond acceptors (Lipinski definition) is 10. The molecule has 2 saturated heterocycles. The van der Waals surface area contributed by atoms with Gasteiger partial charge in [0.2, 0.25) is 5.79 Å². The van der Waals surface area contributed by atoms with Crippen LogP contribution in [0.15, 0.2) is 6.07 Å². The van der Waals surface area contributed by atoms with Gasteiger partial charge >= 0.3 is 0 Å². The van der Waals surface area contributed by atoms with Gasteiger partial charge in [0, 0.05) is 35.4 Å². The van der Waals surface area contributed by atoms with Gasteiger partial charge in [0.1, 0.15) is 23.4 Å². The van der Waals surface area contributed by atoms with Crippen molar-refractivity contribution in [3.8, 4) is 17.2 Å². The summed E-state index contributed by atoms with van der Waals surface area (Å²) in [4.78, 5) is 13.0. The number of benzene rings is 2. The van der Waals surface area contributed by atoms with Crippen molar-refractivity contribution in [1.82, 2.24) is 0 Å². The minimum Gasteiger partial charge on any atom is -0.506 e. The summed E-state index contributed by atoms with van der Waals surface area (Å²) < 4.78 is 31.3. The molecular formula is C26H29BrO9S. The summed E-state index contributed by atoms with van der Waals surface area (Å²) in [6.07, 6.45) is 0.0998. The quantitative estimate of drug-likeness (QED) is 0.337. The normalized spacial score (nSPS) is 34.3. The summed E-state index contributed by atoms with van der Waals surface area (Å²) in [5.74, 6) is -2.66. The van der Waals surface area contributed by atoms with Gasteiger partial charge in [-0.05, 0) is 38.3 Å². The second kappa shape index (κ2) is 8.45. The van der Waals surface area contributed by atoms with Crippen LogP contribution in [0.1, 0.15) is 52.9 Å². The maximum absolute atomic E-state index is 13.0. The van der Waals surface area contributed by atoms with Crippen LogP contribution in [-0.4, -0.2) is 75.1 Å². The summed E-state index contributed by atoms with van der Waals surface area (Å²) >= 11 is 4.60. The fourth-order valence-electron chi connectivity index (χ4n) is 6.52. The molecule has 2 aromatic rings. The van der Waals surface area contributed by atoms with Gasteiger partial charge in [-0.15, -0.1) is 11.8 Å². The Morgan fingerprint density at radius 1 is 1.30 bits per heavy atom. The highest BCUT2D eigenvalue weighted by Crippen LogP contribution is 2.67. The number of aliphatic hydroxyl groups excluding tert-OH is 1. The lowest BCUT2D eigenvalue weighted by Crippen LogP contribution is -2.74. The zero-order valence-electron chi connectivity index (χ0n) is 20.9. The van der Waals surface area contributed by atoms with E-state index in [4.69, 9.17) is 23.7 Å². The molecule has 9 nitrogen and oxygen atoms in total. The maximum Gasteiger partial charge on any atom is 0.275 e. The molecule has 3 aliphatic heterocycles. The smallest absolute Gasteiger partial charge is 0.275 e. The predicted molar refractivity (Wildman–Crippen MR) is 139 cm³/mol. The SMILES string of the molecule is COc1c2c(c(O)c3c4c(c(C)cc13)C1OC3(CSC(C)O)OC1[C@@](OC)(O4)[C@@]3(O)CBr)C(=O)CCC2. The highest BCUT2D eigenvalue weighted by atomic mass is 79.9. The van der Waals surface area contributed by atoms with Crippen LogP contribution in [0.4, 0.5) is 0 Å². The molecule has 0 aromatic heterocycles. The van der Waals surface area contributed by atoms with E-state index in [9.17, 15) is 20.1 Å². The van der Waals surface area contributed by atoms with Crippen LogP contribution in [0.3, 0.4) is 0 Å². The largest absolute Gasteiger partial charge is 0.506 e. The average Bonchev–Trinajstić information content (AvgIpc) is 3.36. The molecule has 3 N–H and O–H groups in total. The van der Waals surface area contributed by atoms with Gasteiger partial charge in [0.15, 0.2) is 17.5 Å². The Morgan fingerprint density at radius 3 is 2.70 bits per heavy atom. The van der Waals surface area contributed by atoms with E-state index in [1.54, 1.807) is 14.0 Å². The molecule has 0 saturated carbocycles. The summed E-state index contributed by atoms with van der Waals surface area (Å²) in [5.41, 5.74) is -0.149. The summed E-state index contributed by atoms with van der Waals surface area (Å²) in [7, 11) is 2.98. The molecule has 2 aromatic carbocycles. The highest BCUT2D eigenvalue weighted by molar-refractivity contribution is 9.09. The number of carbonyl (C=O) groups excluding carboxylic acids is 1. The molecule has 200 valence electrons. The second-order valence-corrected chi connectivity index (χ2v) is 11.9. The predicted octanol–water partition coefficient (Wildman–Crippen LogP) is 3.48. The third kappa shape index (κ3) is 3.02. The Hall–Kier alpha value is -1.60. The van der Waals surface area contributed by atoms with Gasteiger partial charge < -0.3 is 39.0 Å². The molecular weight excluding hydrogens is 568 g/mol. The van der Waals surface area contributed by atoms with E-state index in [1.807, 2.05) is 13.0 Å². The zero-order chi connectivity index (χ0) is 26.5. The van der Waals surface area contributed by atoms with Gasteiger partial charge in [-0.1, -0.05) is 15.9 Å². The molecule has 0 spiro atoms. The van der Waals surface area contributed by atoms with Crippen molar-refractivity contribution < 1.29 is 43.8 Å². The Bertz CT molecular complexity index is 1330. The molecule has 1 aliphatic carbocycles. The number of halogens is 1. The number of ether oxygens (including phenoxy) is 5. The number of methoxy groups -OCH3 is 2. The van der Waals surface area contributed by atoms with E-state index in [0.717, 1.165) is 5.56 Å². The van der Waals surface area contributed by atoms with Gasteiger partial charge in [0.05, 0.1) is 29.2 Å². The number of carbonyl (C=O) groups is 1. The molecule has 2 bridgehead atoms. The van der Waals surface area contributed by atoms with E-state index in [1.165, 1.54) is 18.9 Å². The Labute approximate surface area is 226 Å². The van der Waals surface area contributed by atoms with Crippen LogP contribution in [-0.2, 0) is 20.6 Å². The molecule has 37 heavy (non-hydrogen) atoms. The van der Waals surface area contributed by atoms with Crippen molar-refractivity contribution in [1.29, 1.82) is 0 Å². The Kier molecular flexibility index (Phi) is 5.86. The van der Waals surface area contributed by atoms with Crippen LogP contribution >= 0.6 is 27.7 Å². The highest BCUT2D eigenvalue weighted by Gasteiger charge is 2.84. The summed E-state index contributed by atoms with van der Waals surface area (Å²) in [6.45, 7) is 3.54. The standard InChI is InChI=1S/C26H29BrO9S/c1-11-8-14-18(19(30)17-13(20(14)32-3)6-5-7-15(17)29)21-16(11)22-23-26(33-4,35-21)24(31,9-27)25(34-22,36-23)10-37-12(2)28/h8,12,22-23,28,30-31H,5-7,9-10H2,1-4H3/t12?,22?,23?,24-,25?,26-/m1/s1. The minimum atomic E-state index is -1.82. The van der Waals surface area contributed by atoms with Crippen molar-refractivity contribution in [3.05, 3.63) is 28.3 Å². The lowest BCUT2D eigenvalue weighted by molar-refractivity contribution is -0.339. The van der Waals surface area contributed by atoms with E-state index >= 15 is 0 Å². The molecule has 2 fully saturated rings. The zero-order valence-corrected chi connectivity index (χ0v) is 23.3. The van der Waals surface area contributed by atoms with Crippen molar-refractivity contribution in [2.24, 2.45) is 0 Å². The lowest BCUT2D eigenvalue weighted by Gasteiger charge is -2.53. The van der Waals surface area contributed by atoms with Crippen LogP contribution in [0.2, 0.25) is 0 Å². The van der Waals surface area contributed by atoms with E-state index < -0.39 is 34.8 Å². The van der Waals surface area contributed by atoms with Crippen molar-refractivity contribution in [2.75, 3.05) is 25.3 Å². The van der Waals surface area contributed by atoms with Crippen molar-refractivity contribution in [2.45, 2.75) is 67.9 Å². The molecule has 11 heteroatoms. The first-order valence-corrected chi connectivity index (χ1v) is 14.4. The van der Waals surface area contributed by atoms with Crippen molar-refractivity contribution in [3.63, 3.8) is 0 Å². The number of fused-ring (bicyclic) bond motifs is 6. The number of ketones is 1. The monoisotopic (exact) mass is 596 g/mol. The molecule has 0 radical (unpaired) electrons. The molecule has 0 amide bonds. The molecule has 6 atom stereocenters. The first kappa shape index (κ1) is 25.7. The number of aryl methyl sites for hydroxylation is 1. The molecule has 3 heterocycles. The van der Waals surface area contributed by atoms with E-state index in [2.05, 4.69) is 15.9 Å². The number of phenolic OH excluding ortho intramolecular Hbond substituents is 1. The van der Waals surface area contributed by atoms with Crippen LogP contribution in [0.5, 0.6) is 17.2 Å². The molecule has 4 aliphatic rings. The van der Waals surface area contributed by atoms with Crippen molar-refractivity contribution >= 4 is 44.2 Å². The molecule has 4 unspecified atom stereocenters. The Morgan fingerprint density at radius 2 is 2.05 bits per heavy atom. The third-order valence-electron chi connectivity index (χ3n) is 8.17. The first-order chi connectivity index (χ1) is 17.6. The maximum atomic E-state index is 13.0. The topological polar surface area (TPSA) is 124 Å². The number of hydrogen-bond donors (Lipinski definition) is 3. The number of Topliss-reactive ketones (excluding diaryl/α,β-unsaturated/α-hetero) is 1. The number of alkyl halides is 1. The second-order valence-electron chi connectivity index (χ2n) is 10.1. The third-order valence-corrected chi connectivity index (χ3v) is 10.0. The average molecular weight is 597 g/mol. The van der Waals surface area contributed by atoms with Crippen LogP contribution in [0, 0.1) is 6.92 Å². The van der Waals surface area contributed by atoms with Crippen LogP contribution in [0.25, 0.3) is 10.8 Å². The van der Waals surface area contributed by atoms with Gasteiger partial charge in [-0.3, -0.25) is 4.79 Å². The van der Waals surface area contributed by atoms with Crippen LogP contribution < -0.4 is 9.47 Å². The fourth-order valence-corrected chi connectivity index (χ4v) is 8.17. The number of aromatic hydroxyl groups is 1. The Balaban J connectivity index is 1.65.